The highest BCUT2D eigenvalue weighted by Crippen LogP contribution is 2.23. The molecule has 6 atom stereocenters. The number of carbonyl (C=O) groups is 1. The summed E-state index contributed by atoms with van der Waals surface area (Å²) in [7, 11) is -3.18. The number of rotatable bonds is 4. The molecule has 4 rings (SSSR count). The molecule has 4 saturated heterocycles. The maximum Gasteiger partial charge on any atom is 0.229 e. The van der Waals surface area contributed by atoms with Gasteiger partial charge >= 0.3 is 0 Å². The van der Waals surface area contributed by atoms with Gasteiger partial charge in [0, 0.05) is 51.9 Å². The molecule has 172 valence electrons. The van der Waals surface area contributed by atoms with Crippen LogP contribution < -0.4 is 27.1 Å². The van der Waals surface area contributed by atoms with E-state index in [1.807, 2.05) is 0 Å². The minimum absolute atomic E-state index is 0.102. The Morgan fingerprint density at radius 1 is 1.20 bits per heavy atom. The van der Waals surface area contributed by atoms with Gasteiger partial charge < -0.3 is 16.4 Å². The number of piperidine rings is 1. The lowest BCUT2D eigenvalue weighted by molar-refractivity contribution is -0.128. The van der Waals surface area contributed by atoms with Crippen LogP contribution in [-0.4, -0.2) is 118 Å². The van der Waals surface area contributed by atoms with Gasteiger partial charge in [-0.05, 0) is 13.0 Å². The molecule has 4 aliphatic heterocycles. The van der Waals surface area contributed by atoms with Crippen molar-refractivity contribution >= 4 is 15.9 Å². The van der Waals surface area contributed by atoms with Crippen LogP contribution in [0.15, 0.2) is 0 Å². The van der Waals surface area contributed by atoms with E-state index < -0.39 is 28.3 Å². The molecule has 6 unspecified atom stereocenters. The Hall–Kier alpha value is -0.930. The molecular weight excluding hydrogens is 415 g/mol. The Bertz CT molecular complexity index is 735. The number of amides is 1. The van der Waals surface area contributed by atoms with Gasteiger partial charge in [0.15, 0.2) is 0 Å². The summed E-state index contributed by atoms with van der Waals surface area (Å²) in [5, 5.41) is 11.3. The third-order valence-electron chi connectivity index (χ3n) is 6.61. The number of hydrogen-bond donors (Lipinski definition) is 5. The Morgan fingerprint density at radius 2 is 1.93 bits per heavy atom. The van der Waals surface area contributed by atoms with Crippen LogP contribution in [0.5, 0.6) is 0 Å². The molecule has 0 radical (unpaired) electrons. The van der Waals surface area contributed by atoms with Gasteiger partial charge in [-0.25, -0.2) is 23.2 Å². The molecule has 0 aromatic heterocycles. The van der Waals surface area contributed by atoms with E-state index in [4.69, 9.17) is 5.73 Å². The second kappa shape index (κ2) is 8.90. The third-order valence-corrected chi connectivity index (χ3v) is 7.91. The maximum atomic E-state index is 13.7. The van der Waals surface area contributed by atoms with Crippen LogP contribution in [-0.2, 0) is 14.8 Å². The summed E-state index contributed by atoms with van der Waals surface area (Å²) in [6.07, 6.45) is 0.195. The van der Waals surface area contributed by atoms with E-state index in [2.05, 4.69) is 26.3 Å². The number of hydrazine groups is 1. The van der Waals surface area contributed by atoms with Gasteiger partial charge in [0.25, 0.3) is 0 Å². The number of alkyl halides is 1. The highest BCUT2D eigenvalue weighted by Gasteiger charge is 2.48. The van der Waals surface area contributed by atoms with Crippen molar-refractivity contribution in [1.29, 1.82) is 0 Å². The van der Waals surface area contributed by atoms with Gasteiger partial charge in [0.05, 0.1) is 30.5 Å². The molecule has 30 heavy (non-hydrogen) atoms. The van der Waals surface area contributed by atoms with E-state index in [1.165, 1.54) is 10.6 Å². The first kappa shape index (κ1) is 22.3. The first-order chi connectivity index (χ1) is 14.2. The van der Waals surface area contributed by atoms with Crippen molar-refractivity contribution in [2.45, 2.75) is 37.0 Å². The summed E-state index contributed by atoms with van der Waals surface area (Å²) < 4.78 is 38.7. The molecule has 4 heterocycles. The summed E-state index contributed by atoms with van der Waals surface area (Å²) in [5.41, 5.74) is 9.17. The molecule has 0 aliphatic carbocycles. The van der Waals surface area contributed by atoms with Gasteiger partial charge in [-0.15, -0.1) is 0 Å². The fraction of sp³-hybridized carbons (Fsp3) is 0.941. The van der Waals surface area contributed by atoms with E-state index in [1.54, 1.807) is 5.01 Å². The number of hydrogen-bond acceptors (Lipinski definition) is 9. The first-order valence-corrected chi connectivity index (χ1v) is 12.4. The molecule has 0 aromatic rings. The lowest BCUT2D eigenvalue weighted by Crippen LogP contribution is -2.65. The van der Waals surface area contributed by atoms with Gasteiger partial charge in [0.2, 0.25) is 15.9 Å². The number of fused-ring (bicyclic) bond motifs is 1. The van der Waals surface area contributed by atoms with Crippen molar-refractivity contribution in [3.8, 4) is 0 Å². The highest BCUT2D eigenvalue weighted by atomic mass is 32.2. The van der Waals surface area contributed by atoms with Crippen molar-refractivity contribution in [2.75, 3.05) is 58.6 Å². The highest BCUT2D eigenvalue weighted by molar-refractivity contribution is 7.88. The zero-order valence-corrected chi connectivity index (χ0v) is 18.1. The largest absolute Gasteiger partial charge is 0.350 e. The number of nitrogens with one attached hydrogen (secondary N) is 4. The predicted molar refractivity (Wildman–Crippen MR) is 109 cm³/mol. The van der Waals surface area contributed by atoms with Gasteiger partial charge in [-0.3, -0.25) is 15.0 Å². The average molecular weight is 449 g/mol. The number of halogens is 1. The Morgan fingerprint density at radius 3 is 2.63 bits per heavy atom. The van der Waals surface area contributed by atoms with Crippen molar-refractivity contribution in [3.05, 3.63) is 0 Å². The molecule has 6 N–H and O–H groups in total. The molecule has 4 fully saturated rings. The zero-order valence-electron chi connectivity index (χ0n) is 17.3. The van der Waals surface area contributed by atoms with Gasteiger partial charge in [0.1, 0.15) is 6.17 Å². The van der Waals surface area contributed by atoms with E-state index >= 15 is 0 Å². The number of sulfonamides is 1. The van der Waals surface area contributed by atoms with Crippen molar-refractivity contribution in [2.24, 2.45) is 11.7 Å². The topological polar surface area (TPSA) is 135 Å². The van der Waals surface area contributed by atoms with Crippen LogP contribution in [0.2, 0.25) is 0 Å². The Kier molecular flexibility index (Phi) is 6.61. The van der Waals surface area contributed by atoms with E-state index in [-0.39, 0.29) is 37.2 Å². The molecule has 0 saturated carbocycles. The molecule has 0 aromatic carbocycles. The van der Waals surface area contributed by atoms with Crippen LogP contribution in [0.3, 0.4) is 0 Å². The average Bonchev–Trinajstić information content (AvgIpc) is 3.02. The number of nitrogens with zero attached hydrogens (tertiary/aromatic N) is 3. The summed E-state index contributed by atoms with van der Waals surface area (Å²) in [6, 6.07) is 0.0305. The SMILES string of the molecule is CS(=O)(=O)N1CCN(C2CCNCC2NC(=O)C2C(N)NN3CC(F)CNC23)CC1. The summed E-state index contributed by atoms with van der Waals surface area (Å²) >= 11 is 0. The second-order valence-corrected chi connectivity index (χ2v) is 10.6. The maximum absolute atomic E-state index is 13.7. The van der Waals surface area contributed by atoms with E-state index in [9.17, 15) is 17.6 Å². The van der Waals surface area contributed by atoms with Crippen molar-refractivity contribution in [3.63, 3.8) is 0 Å². The first-order valence-electron chi connectivity index (χ1n) is 10.6. The predicted octanol–water partition coefficient (Wildman–Crippen LogP) is -3.60. The second-order valence-electron chi connectivity index (χ2n) is 8.66. The fourth-order valence-electron chi connectivity index (χ4n) is 5.05. The lowest BCUT2D eigenvalue weighted by atomic mass is 9.96. The Labute approximate surface area is 176 Å². The van der Waals surface area contributed by atoms with Crippen LogP contribution >= 0.6 is 0 Å². The molecule has 4 aliphatic rings. The minimum Gasteiger partial charge on any atom is -0.350 e. The number of nitrogens with two attached hydrogens (primary N) is 1. The van der Waals surface area contributed by atoms with Crippen LogP contribution in [0.25, 0.3) is 0 Å². The van der Waals surface area contributed by atoms with Gasteiger partial charge in [-0.2, -0.15) is 4.31 Å². The molecule has 0 bridgehead atoms. The fourth-order valence-corrected chi connectivity index (χ4v) is 5.88. The Balaban J connectivity index is 1.38. The third kappa shape index (κ3) is 4.63. The van der Waals surface area contributed by atoms with Gasteiger partial charge in [-0.1, -0.05) is 0 Å². The molecule has 13 heteroatoms. The summed E-state index contributed by atoms with van der Waals surface area (Å²) in [6.45, 7) is 4.12. The quantitative estimate of drug-likeness (QED) is 0.296. The molecular formula is C17H33FN8O3S. The normalized spacial score (nSPS) is 39.6. The van der Waals surface area contributed by atoms with Crippen molar-refractivity contribution < 1.29 is 17.6 Å². The number of carbonyl (C=O) groups excluding carboxylic acids is 1. The smallest absolute Gasteiger partial charge is 0.229 e. The minimum atomic E-state index is -3.18. The summed E-state index contributed by atoms with van der Waals surface area (Å²) in [4.78, 5) is 15.4. The zero-order chi connectivity index (χ0) is 21.5. The van der Waals surface area contributed by atoms with Crippen LogP contribution in [0.1, 0.15) is 6.42 Å². The monoisotopic (exact) mass is 448 g/mol. The molecule has 0 spiro atoms. The van der Waals surface area contributed by atoms with Crippen molar-refractivity contribution in [1.82, 2.24) is 35.6 Å². The summed E-state index contributed by atoms with van der Waals surface area (Å²) in [5.74, 6) is -0.678. The standard InChI is InChI=1S/C17H33FN8O3S/c1-30(28,29)25-6-4-24(5-7-25)13-2-3-20-9-12(13)22-17(27)14-15(19)23-26-10-11(18)8-21-16(14)26/h11-16,20-21,23H,2-10,19H2,1H3,(H,22,27). The molecule has 11 nitrogen and oxygen atoms in total. The van der Waals surface area contributed by atoms with Crippen LogP contribution in [0, 0.1) is 5.92 Å². The van der Waals surface area contributed by atoms with E-state index in [0.29, 0.717) is 32.7 Å². The lowest BCUT2D eigenvalue weighted by Gasteiger charge is -2.44. The number of piperazine rings is 1. The van der Waals surface area contributed by atoms with Crippen LogP contribution in [0.4, 0.5) is 4.39 Å². The van der Waals surface area contributed by atoms with E-state index in [0.717, 1.165) is 13.0 Å². The molecule has 1 amide bonds.